The SMILES string of the molecule is CC(=O)O[C@@H](CC(=O)OCC(C)(C)C)C(=O)OCC(C)(C)C. The predicted octanol–water partition coefficient (Wildman–Crippen LogP) is 2.49. The number of hydrogen-bond donors (Lipinski definition) is 0. The second-order valence-electron chi connectivity index (χ2n) is 7.69. The van der Waals surface area contributed by atoms with Crippen LogP contribution in [0.15, 0.2) is 0 Å². The molecule has 0 radical (unpaired) electrons. The molecule has 0 unspecified atom stereocenters. The Morgan fingerprint density at radius 1 is 0.864 bits per heavy atom. The largest absolute Gasteiger partial charge is 0.465 e. The number of carbonyl (C=O) groups excluding carboxylic acids is 3. The maximum atomic E-state index is 12.0. The Morgan fingerprint density at radius 3 is 1.73 bits per heavy atom. The summed E-state index contributed by atoms with van der Waals surface area (Å²) >= 11 is 0. The zero-order valence-corrected chi connectivity index (χ0v) is 14.6. The summed E-state index contributed by atoms with van der Waals surface area (Å²) in [6.45, 7) is 13.0. The predicted molar refractivity (Wildman–Crippen MR) is 81.0 cm³/mol. The van der Waals surface area contributed by atoms with E-state index in [4.69, 9.17) is 14.2 Å². The van der Waals surface area contributed by atoms with Crippen molar-refractivity contribution in [3.63, 3.8) is 0 Å². The molecule has 0 N–H and O–H groups in total. The average Bonchev–Trinajstić information content (AvgIpc) is 2.30. The molecule has 0 rings (SSSR count). The van der Waals surface area contributed by atoms with Crippen LogP contribution in [0, 0.1) is 10.8 Å². The summed E-state index contributed by atoms with van der Waals surface area (Å²) in [5.41, 5.74) is -0.400. The molecule has 0 aliphatic rings. The van der Waals surface area contributed by atoms with Crippen molar-refractivity contribution in [1.82, 2.24) is 0 Å². The van der Waals surface area contributed by atoms with Gasteiger partial charge in [-0.2, -0.15) is 0 Å². The monoisotopic (exact) mass is 316 g/mol. The Kier molecular flexibility index (Phi) is 7.56. The Bertz CT molecular complexity index is 400. The fraction of sp³-hybridized carbons (Fsp3) is 0.812. The molecule has 6 nitrogen and oxygen atoms in total. The van der Waals surface area contributed by atoms with Crippen LogP contribution in [0.2, 0.25) is 0 Å². The molecule has 0 aliphatic carbocycles. The van der Waals surface area contributed by atoms with Gasteiger partial charge in [-0.25, -0.2) is 4.79 Å². The van der Waals surface area contributed by atoms with Gasteiger partial charge < -0.3 is 14.2 Å². The minimum Gasteiger partial charge on any atom is -0.465 e. The van der Waals surface area contributed by atoms with Crippen LogP contribution in [0.5, 0.6) is 0 Å². The number of hydrogen-bond acceptors (Lipinski definition) is 6. The minimum absolute atomic E-state index is 0.167. The van der Waals surface area contributed by atoms with E-state index in [2.05, 4.69) is 0 Å². The maximum Gasteiger partial charge on any atom is 0.348 e. The molecular formula is C16H28O6. The van der Waals surface area contributed by atoms with Gasteiger partial charge in [-0.15, -0.1) is 0 Å². The zero-order chi connectivity index (χ0) is 17.6. The van der Waals surface area contributed by atoms with Gasteiger partial charge in [-0.3, -0.25) is 9.59 Å². The third-order valence-corrected chi connectivity index (χ3v) is 2.24. The topological polar surface area (TPSA) is 78.9 Å². The fourth-order valence-electron chi connectivity index (χ4n) is 1.26. The van der Waals surface area contributed by atoms with Crippen molar-refractivity contribution in [3.8, 4) is 0 Å². The number of rotatable bonds is 6. The van der Waals surface area contributed by atoms with Crippen LogP contribution in [0.25, 0.3) is 0 Å². The molecule has 0 fully saturated rings. The van der Waals surface area contributed by atoms with E-state index in [1.54, 1.807) is 0 Å². The lowest BCUT2D eigenvalue weighted by atomic mass is 9.98. The van der Waals surface area contributed by atoms with E-state index in [-0.39, 0.29) is 30.5 Å². The van der Waals surface area contributed by atoms with Crippen LogP contribution in [-0.2, 0) is 28.6 Å². The Labute approximate surface area is 132 Å². The molecule has 1 atom stereocenters. The number of carbonyl (C=O) groups is 3. The van der Waals surface area contributed by atoms with Crippen molar-refractivity contribution < 1.29 is 28.6 Å². The van der Waals surface area contributed by atoms with Gasteiger partial charge in [0.05, 0.1) is 19.6 Å². The lowest BCUT2D eigenvalue weighted by Crippen LogP contribution is -2.34. The quantitative estimate of drug-likeness (QED) is 0.553. The standard InChI is InChI=1S/C16H28O6/c1-11(17)22-12(14(19)21-10-16(5,6)7)8-13(18)20-9-15(2,3)4/h12H,8-10H2,1-7H3/t12-/m0/s1. The third-order valence-electron chi connectivity index (χ3n) is 2.24. The van der Waals surface area contributed by atoms with Crippen LogP contribution >= 0.6 is 0 Å². The van der Waals surface area contributed by atoms with E-state index in [0.717, 1.165) is 0 Å². The first-order valence-electron chi connectivity index (χ1n) is 7.30. The van der Waals surface area contributed by atoms with Gasteiger partial charge in [0.1, 0.15) is 0 Å². The molecule has 0 saturated heterocycles. The van der Waals surface area contributed by atoms with Crippen molar-refractivity contribution in [1.29, 1.82) is 0 Å². The second kappa shape index (κ2) is 8.15. The molecule has 128 valence electrons. The van der Waals surface area contributed by atoms with Gasteiger partial charge in [-0.05, 0) is 10.8 Å². The Balaban J connectivity index is 4.60. The molecule has 0 heterocycles. The van der Waals surface area contributed by atoms with Gasteiger partial charge in [-0.1, -0.05) is 41.5 Å². The summed E-state index contributed by atoms with van der Waals surface area (Å²) < 4.78 is 15.0. The van der Waals surface area contributed by atoms with E-state index in [1.807, 2.05) is 41.5 Å². The number of ether oxygens (including phenoxy) is 3. The van der Waals surface area contributed by atoms with Gasteiger partial charge >= 0.3 is 17.9 Å². The molecule has 0 saturated carbocycles. The Morgan fingerprint density at radius 2 is 1.32 bits per heavy atom. The summed E-state index contributed by atoms with van der Waals surface area (Å²) in [5.74, 6) is -1.99. The van der Waals surface area contributed by atoms with E-state index < -0.39 is 24.0 Å². The molecule has 0 spiro atoms. The zero-order valence-electron chi connectivity index (χ0n) is 14.6. The van der Waals surface area contributed by atoms with E-state index in [0.29, 0.717) is 0 Å². The summed E-state index contributed by atoms with van der Waals surface area (Å²) in [6.07, 6.45) is -1.62. The molecule has 0 aromatic carbocycles. The fourth-order valence-corrected chi connectivity index (χ4v) is 1.26. The highest BCUT2D eigenvalue weighted by molar-refractivity contribution is 5.84. The van der Waals surface area contributed by atoms with E-state index >= 15 is 0 Å². The summed E-state index contributed by atoms with van der Waals surface area (Å²) in [6, 6.07) is 0. The highest BCUT2D eigenvalue weighted by Crippen LogP contribution is 2.16. The van der Waals surface area contributed by atoms with Crippen molar-refractivity contribution in [2.75, 3.05) is 13.2 Å². The van der Waals surface area contributed by atoms with E-state index in [1.165, 1.54) is 6.92 Å². The molecule has 0 bridgehead atoms. The molecule has 0 aromatic heterocycles. The van der Waals surface area contributed by atoms with Gasteiger partial charge in [0.25, 0.3) is 0 Å². The average molecular weight is 316 g/mol. The van der Waals surface area contributed by atoms with Crippen molar-refractivity contribution in [2.24, 2.45) is 10.8 Å². The normalized spacial score (nSPS) is 13.2. The van der Waals surface area contributed by atoms with Crippen LogP contribution in [0.3, 0.4) is 0 Å². The Hall–Kier alpha value is -1.59. The highest BCUT2D eigenvalue weighted by Gasteiger charge is 2.29. The highest BCUT2D eigenvalue weighted by atomic mass is 16.6. The molecule has 6 heteroatoms. The summed E-state index contributed by atoms with van der Waals surface area (Å²) in [7, 11) is 0. The minimum atomic E-state index is -1.27. The van der Waals surface area contributed by atoms with Gasteiger partial charge in [0.2, 0.25) is 6.10 Å². The smallest absolute Gasteiger partial charge is 0.348 e. The molecular weight excluding hydrogens is 288 g/mol. The van der Waals surface area contributed by atoms with Gasteiger partial charge in [0, 0.05) is 6.92 Å². The van der Waals surface area contributed by atoms with Crippen molar-refractivity contribution in [3.05, 3.63) is 0 Å². The van der Waals surface area contributed by atoms with E-state index in [9.17, 15) is 14.4 Å². The van der Waals surface area contributed by atoms with Crippen molar-refractivity contribution in [2.45, 2.75) is 61.0 Å². The lowest BCUT2D eigenvalue weighted by Gasteiger charge is -2.22. The molecule has 0 aromatic rings. The maximum absolute atomic E-state index is 12.0. The van der Waals surface area contributed by atoms with Crippen LogP contribution in [0.1, 0.15) is 54.9 Å². The van der Waals surface area contributed by atoms with Crippen LogP contribution < -0.4 is 0 Å². The number of esters is 3. The summed E-state index contributed by atoms with van der Waals surface area (Å²) in [4.78, 5) is 34.8. The third kappa shape index (κ3) is 11.1. The second-order valence-corrected chi connectivity index (χ2v) is 7.69. The van der Waals surface area contributed by atoms with Crippen LogP contribution in [0.4, 0.5) is 0 Å². The van der Waals surface area contributed by atoms with Gasteiger partial charge in [0.15, 0.2) is 0 Å². The summed E-state index contributed by atoms with van der Waals surface area (Å²) in [5, 5.41) is 0. The lowest BCUT2D eigenvalue weighted by molar-refractivity contribution is -0.172. The van der Waals surface area contributed by atoms with Crippen LogP contribution in [-0.4, -0.2) is 37.2 Å². The first-order chi connectivity index (χ1) is 9.80. The molecule has 0 amide bonds. The molecule has 0 aliphatic heterocycles. The molecule has 22 heavy (non-hydrogen) atoms. The first kappa shape index (κ1) is 20.4. The van der Waals surface area contributed by atoms with Crippen molar-refractivity contribution >= 4 is 17.9 Å². The first-order valence-corrected chi connectivity index (χ1v) is 7.30.